The highest BCUT2D eigenvalue weighted by Crippen LogP contribution is 2.27. The maximum absolute atomic E-state index is 13.2. The van der Waals surface area contributed by atoms with E-state index in [2.05, 4.69) is 5.32 Å². The minimum atomic E-state index is -3.62. The number of sulfonamides is 1. The lowest BCUT2D eigenvalue weighted by Gasteiger charge is -2.31. The summed E-state index contributed by atoms with van der Waals surface area (Å²) in [5.41, 5.74) is 4.50. The van der Waals surface area contributed by atoms with E-state index in [9.17, 15) is 13.2 Å². The number of carbonyl (C=O) groups is 1. The first kappa shape index (κ1) is 20.6. The molecule has 150 valence electrons. The van der Waals surface area contributed by atoms with Crippen LogP contribution in [0.5, 0.6) is 0 Å². The van der Waals surface area contributed by atoms with E-state index in [1.54, 1.807) is 13.0 Å². The molecule has 28 heavy (non-hydrogen) atoms. The molecule has 1 fully saturated rings. The predicted molar refractivity (Wildman–Crippen MR) is 112 cm³/mol. The third-order valence-electron chi connectivity index (χ3n) is 5.37. The molecule has 0 bridgehead atoms. The SMILES string of the molecule is Cc1ccc(C)c(NC(=O)C2CCCN(S(=O)(=O)c3cc(C)ccc3C)C2)c1. The zero-order chi connectivity index (χ0) is 20.5. The van der Waals surface area contributed by atoms with E-state index in [4.69, 9.17) is 0 Å². The number of carbonyl (C=O) groups excluding carboxylic acids is 1. The number of benzene rings is 2. The predicted octanol–water partition coefficient (Wildman–Crippen LogP) is 3.96. The van der Waals surface area contributed by atoms with Crippen LogP contribution in [0.3, 0.4) is 0 Å². The molecule has 6 heteroatoms. The molecule has 0 aromatic heterocycles. The highest BCUT2D eigenvalue weighted by atomic mass is 32.2. The van der Waals surface area contributed by atoms with Gasteiger partial charge in [0.2, 0.25) is 15.9 Å². The van der Waals surface area contributed by atoms with Gasteiger partial charge in [0.1, 0.15) is 0 Å². The molecule has 1 amide bonds. The van der Waals surface area contributed by atoms with Gasteiger partial charge in [-0.3, -0.25) is 4.79 Å². The topological polar surface area (TPSA) is 66.5 Å². The standard InChI is InChI=1S/C22H28N2O3S/c1-15-7-9-17(3)20(12-15)23-22(25)19-6-5-11-24(14-19)28(26,27)21-13-16(2)8-10-18(21)4/h7-10,12-13,19H,5-6,11,14H2,1-4H3,(H,23,25). The van der Waals surface area contributed by atoms with E-state index >= 15 is 0 Å². The Morgan fingerprint density at radius 3 is 2.36 bits per heavy atom. The molecule has 0 spiro atoms. The Hall–Kier alpha value is -2.18. The minimum Gasteiger partial charge on any atom is -0.326 e. The lowest BCUT2D eigenvalue weighted by atomic mass is 9.98. The Morgan fingerprint density at radius 2 is 1.64 bits per heavy atom. The van der Waals surface area contributed by atoms with Gasteiger partial charge in [0.25, 0.3) is 0 Å². The zero-order valence-corrected chi connectivity index (χ0v) is 17.8. The van der Waals surface area contributed by atoms with Crippen molar-refractivity contribution in [1.29, 1.82) is 0 Å². The monoisotopic (exact) mass is 400 g/mol. The van der Waals surface area contributed by atoms with Crippen molar-refractivity contribution in [3.8, 4) is 0 Å². The molecule has 1 aliphatic heterocycles. The maximum Gasteiger partial charge on any atom is 0.243 e. The summed E-state index contributed by atoms with van der Waals surface area (Å²) in [6.07, 6.45) is 1.37. The summed E-state index contributed by atoms with van der Waals surface area (Å²) in [4.78, 5) is 13.2. The molecule has 1 heterocycles. The average Bonchev–Trinajstić information content (AvgIpc) is 2.66. The Morgan fingerprint density at radius 1 is 1.00 bits per heavy atom. The first-order valence-corrected chi connectivity index (χ1v) is 11.1. The summed E-state index contributed by atoms with van der Waals surface area (Å²) in [5.74, 6) is -0.469. The van der Waals surface area contributed by atoms with Gasteiger partial charge in [-0.05, 0) is 74.9 Å². The number of aryl methyl sites for hydroxylation is 4. The molecular weight excluding hydrogens is 372 g/mol. The average molecular weight is 401 g/mol. The van der Waals surface area contributed by atoms with Gasteiger partial charge in [0, 0.05) is 18.8 Å². The molecule has 1 aliphatic rings. The lowest BCUT2D eigenvalue weighted by molar-refractivity contribution is -0.120. The van der Waals surface area contributed by atoms with Crippen molar-refractivity contribution in [3.63, 3.8) is 0 Å². The molecule has 0 radical (unpaired) electrons. The molecule has 1 saturated heterocycles. The molecule has 0 saturated carbocycles. The Kier molecular flexibility index (Phi) is 5.91. The molecule has 3 rings (SSSR count). The van der Waals surface area contributed by atoms with Crippen LogP contribution in [0.2, 0.25) is 0 Å². The van der Waals surface area contributed by atoms with Crippen molar-refractivity contribution in [2.24, 2.45) is 5.92 Å². The Balaban J connectivity index is 1.79. The third kappa shape index (κ3) is 4.28. The highest BCUT2D eigenvalue weighted by molar-refractivity contribution is 7.89. The fraction of sp³-hybridized carbons (Fsp3) is 0.409. The molecule has 5 nitrogen and oxygen atoms in total. The number of rotatable bonds is 4. The summed E-state index contributed by atoms with van der Waals surface area (Å²) in [6, 6.07) is 11.4. The number of anilines is 1. The van der Waals surface area contributed by atoms with E-state index in [1.807, 2.05) is 51.1 Å². The van der Waals surface area contributed by atoms with Crippen molar-refractivity contribution in [3.05, 3.63) is 58.7 Å². The quantitative estimate of drug-likeness (QED) is 0.845. The summed E-state index contributed by atoms with van der Waals surface area (Å²) < 4.78 is 27.8. The van der Waals surface area contributed by atoms with E-state index in [0.717, 1.165) is 27.9 Å². The van der Waals surface area contributed by atoms with Gasteiger partial charge in [-0.2, -0.15) is 4.31 Å². The second-order valence-corrected chi connectivity index (χ2v) is 9.69. The molecule has 1 atom stereocenters. The number of nitrogens with zero attached hydrogens (tertiary/aromatic N) is 1. The van der Waals surface area contributed by atoms with Gasteiger partial charge in [0.05, 0.1) is 10.8 Å². The molecule has 1 N–H and O–H groups in total. The summed E-state index contributed by atoms with van der Waals surface area (Å²) in [5, 5.41) is 2.99. The van der Waals surface area contributed by atoms with Gasteiger partial charge in [-0.25, -0.2) is 8.42 Å². The van der Waals surface area contributed by atoms with Crippen molar-refractivity contribution in [1.82, 2.24) is 4.31 Å². The molecule has 2 aromatic carbocycles. The molecular formula is C22H28N2O3S. The van der Waals surface area contributed by atoms with E-state index < -0.39 is 10.0 Å². The van der Waals surface area contributed by atoms with Gasteiger partial charge in [-0.15, -0.1) is 0 Å². The van der Waals surface area contributed by atoms with Crippen molar-refractivity contribution >= 4 is 21.6 Å². The fourth-order valence-corrected chi connectivity index (χ4v) is 5.44. The first-order valence-electron chi connectivity index (χ1n) is 9.64. The van der Waals surface area contributed by atoms with Crippen LogP contribution in [-0.4, -0.2) is 31.7 Å². The van der Waals surface area contributed by atoms with Gasteiger partial charge in [0.15, 0.2) is 0 Å². The van der Waals surface area contributed by atoms with Crippen molar-refractivity contribution < 1.29 is 13.2 Å². The van der Waals surface area contributed by atoms with Gasteiger partial charge >= 0.3 is 0 Å². The summed E-state index contributed by atoms with van der Waals surface area (Å²) in [7, 11) is -3.62. The van der Waals surface area contributed by atoms with E-state index in [-0.39, 0.29) is 18.4 Å². The van der Waals surface area contributed by atoms with Gasteiger partial charge in [-0.1, -0.05) is 24.3 Å². The van der Waals surface area contributed by atoms with Crippen LogP contribution in [-0.2, 0) is 14.8 Å². The van der Waals surface area contributed by atoms with Crippen LogP contribution in [0.25, 0.3) is 0 Å². The second-order valence-electron chi connectivity index (χ2n) is 7.78. The van der Waals surface area contributed by atoms with Crippen LogP contribution in [0.1, 0.15) is 35.1 Å². The molecule has 0 aliphatic carbocycles. The van der Waals surface area contributed by atoms with E-state index in [1.165, 1.54) is 4.31 Å². The summed E-state index contributed by atoms with van der Waals surface area (Å²) in [6.45, 7) is 8.28. The highest BCUT2D eigenvalue weighted by Gasteiger charge is 2.34. The largest absolute Gasteiger partial charge is 0.326 e. The lowest BCUT2D eigenvalue weighted by Crippen LogP contribution is -2.43. The number of hydrogen-bond acceptors (Lipinski definition) is 3. The maximum atomic E-state index is 13.2. The van der Waals surface area contributed by atoms with Gasteiger partial charge < -0.3 is 5.32 Å². The fourth-order valence-electron chi connectivity index (χ4n) is 3.60. The van der Waals surface area contributed by atoms with Crippen molar-refractivity contribution in [2.45, 2.75) is 45.4 Å². The smallest absolute Gasteiger partial charge is 0.243 e. The Bertz CT molecular complexity index is 999. The third-order valence-corrected chi connectivity index (χ3v) is 7.37. The Labute approximate surface area is 167 Å². The van der Waals surface area contributed by atoms with Crippen LogP contribution in [0.15, 0.2) is 41.3 Å². The summed E-state index contributed by atoms with van der Waals surface area (Å²) >= 11 is 0. The number of hydrogen-bond donors (Lipinski definition) is 1. The van der Waals surface area contributed by atoms with Crippen molar-refractivity contribution in [2.75, 3.05) is 18.4 Å². The second kappa shape index (κ2) is 8.05. The van der Waals surface area contributed by atoms with E-state index in [0.29, 0.717) is 24.3 Å². The van der Waals surface area contributed by atoms with Crippen LogP contribution in [0.4, 0.5) is 5.69 Å². The first-order chi connectivity index (χ1) is 13.2. The number of piperidine rings is 1. The zero-order valence-electron chi connectivity index (χ0n) is 17.0. The van der Waals surface area contributed by atoms with Crippen LogP contribution >= 0.6 is 0 Å². The van der Waals surface area contributed by atoms with Crippen LogP contribution in [0, 0.1) is 33.6 Å². The minimum absolute atomic E-state index is 0.116. The number of amides is 1. The number of nitrogens with one attached hydrogen (secondary N) is 1. The van der Waals surface area contributed by atoms with Crippen LogP contribution < -0.4 is 5.32 Å². The molecule has 2 aromatic rings. The molecule has 1 unspecified atom stereocenters. The normalized spacial score (nSPS) is 18.1.